The molecule has 0 unspecified atom stereocenters. The number of hydrogen-bond acceptors (Lipinski definition) is 6. The Hall–Kier alpha value is -2.50. The van der Waals surface area contributed by atoms with Gasteiger partial charge in [-0.2, -0.15) is 0 Å². The van der Waals surface area contributed by atoms with Gasteiger partial charge >= 0.3 is 11.6 Å². The van der Waals surface area contributed by atoms with E-state index < -0.39 is 11.6 Å². The number of carbonyl (C=O) groups excluding carboxylic acids is 1. The smallest absolute Gasteiger partial charge is 0.383 e. The molecule has 0 bridgehead atoms. The zero-order chi connectivity index (χ0) is 21.9. The summed E-state index contributed by atoms with van der Waals surface area (Å²) in [5, 5.41) is 0.571. The number of hydrogen-bond donors (Lipinski definition) is 0. The van der Waals surface area contributed by atoms with Gasteiger partial charge < -0.3 is 18.6 Å². The maximum absolute atomic E-state index is 12.4. The van der Waals surface area contributed by atoms with Crippen LogP contribution in [0.15, 0.2) is 27.4 Å². The fourth-order valence-electron chi connectivity index (χ4n) is 3.27. The summed E-state index contributed by atoms with van der Waals surface area (Å²) in [7, 11) is 0. The van der Waals surface area contributed by atoms with E-state index in [1.54, 1.807) is 18.2 Å². The summed E-state index contributed by atoms with van der Waals surface area (Å²) in [5.41, 5.74) is -0.412. The highest BCUT2D eigenvalue weighted by atomic mass is 16.6. The molecule has 6 nitrogen and oxygen atoms in total. The molecule has 0 saturated heterocycles. The average Bonchev–Trinajstić information content (AvgIpc) is 2.67. The Balaban J connectivity index is 2.10. The first kappa shape index (κ1) is 23.8. The number of benzene rings is 1. The lowest BCUT2D eigenvalue weighted by atomic mass is 10.1. The molecule has 1 heterocycles. The van der Waals surface area contributed by atoms with Crippen LogP contribution >= 0.6 is 0 Å². The average molecular weight is 419 g/mol. The first-order valence-corrected chi connectivity index (χ1v) is 11.0. The first-order valence-electron chi connectivity index (χ1n) is 11.0. The largest absolute Gasteiger partial charge is 0.491 e. The van der Waals surface area contributed by atoms with Crippen molar-refractivity contribution in [1.29, 1.82) is 0 Å². The highest BCUT2D eigenvalue weighted by molar-refractivity contribution is 5.87. The van der Waals surface area contributed by atoms with Crippen molar-refractivity contribution in [3.05, 3.63) is 28.6 Å². The molecule has 0 N–H and O–H groups in total. The summed E-state index contributed by atoms with van der Waals surface area (Å²) in [5.74, 6) is 0.0378. The highest BCUT2D eigenvalue weighted by Crippen LogP contribution is 2.35. The zero-order valence-corrected chi connectivity index (χ0v) is 18.6. The van der Waals surface area contributed by atoms with Crippen LogP contribution in [0.5, 0.6) is 17.2 Å². The highest BCUT2D eigenvalue weighted by Gasteiger charge is 2.20. The molecule has 0 atom stereocenters. The number of carbonyl (C=O) groups is 1. The van der Waals surface area contributed by atoms with E-state index in [0.29, 0.717) is 23.3 Å². The quantitative estimate of drug-likeness (QED) is 0.225. The van der Waals surface area contributed by atoms with Gasteiger partial charge in [-0.1, -0.05) is 51.9 Å². The van der Waals surface area contributed by atoms with E-state index in [-0.39, 0.29) is 17.6 Å². The molecule has 1 aromatic heterocycles. The molecule has 0 spiro atoms. The Morgan fingerprint density at radius 1 is 1.00 bits per heavy atom. The Kier molecular flexibility index (Phi) is 9.71. The molecular weight excluding hydrogens is 384 g/mol. The van der Waals surface area contributed by atoms with Crippen LogP contribution in [0.4, 0.5) is 0 Å². The minimum absolute atomic E-state index is 0.00724. The van der Waals surface area contributed by atoms with Gasteiger partial charge in [0.15, 0.2) is 5.75 Å². The number of ether oxygens (including phenoxy) is 3. The lowest BCUT2D eigenvalue weighted by molar-refractivity contribution is -0.132. The predicted octanol–water partition coefficient (Wildman–Crippen LogP) is 6.03. The number of esters is 1. The summed E-state index contributed by atoms with van der Waals surface area (Å²) in [6, 6.07) is 5.19. The predicted molar refractivity (Wildman–Crippen MR) is 118 cm³/mol. The van der Waals surface area contributed by atoms with E-state index in [2.05, 4.69) is 6.92 Å². The van der Waals surface area contributed by atoms with Gasteiger partial charge in [0.05, 0.1) is 18.1 Å². The number of rotatable bonds is 13. The molecule has 0 aliphatic rings. The van der Waals surface area contributed by atoms with Gasteiger partial charge in [-0.3, -0.25) is 4.79 Å². The molecule has 30 heavy (non-hydrogen) atoms. The van der Waals surface area contributed by atoms with Gasteiger partial charge in [-0.05, 0) is 32.4 Å². The van der Waals surface area contributed by atoms with Crippen LogP contribution in [0.1, 0.15) is 79.1 Å². The molecule has 0 amide bonds. The molecule has 0 aliphatic heterocycles. The van der Waals surface area contributed by atoms with Gasteiger partial charge in [0.25, 0.3) is 5.75 Å². The summed E-state index contributed by atoms with van der Waals surface area (Å²) < 4.78 is 22.1. The van der Waals surface area contributed by atoms with Crippen molar-refractivity contribution >= 4 is 16.9 Å². The van der Waals surface area contributed by atoms with Crippen molar-refractivity contribution in [2.75, 3.05) is 6.61 Å². The Bertz CT molecular complexity index is 868. The fraction of sp³-hybridized carbons (Fsp3) is 0.583. The number of unbranched alkanes of at least 4 members (excludes halogenated alkanes) is 7. The molecule has 6 heteroatoms. The Morgan fingerprint density at radius 2 is 1.67 bits per heavy atom. The molecule has 0 radical (unpaired) electrons. The molecular formula is C24H34O6. The summed E-state index contributed by atoms with van der Waals surface area (Å²) in [4.78, 5) is 23.9. The fourth-order valence-corrected chi connectivity index (χ4v) is 3.27. The van der Waals surface area contributed by atoms with Crippen LogP contribution < -0.4 is 19.8 Å². The van der Waals surface area contributed by atoms with Crippen LogP contribution in [0.25, 0.3) is 11.0 Å². The van der Waals surface area contributed by atoms with Crippen molar-refractivity contribution in [3.8, 4) is 17.2 Å². The lowest BCUT2D eigenvalue weighted by Gasteiger charge is -2.14. The second-order valence-electron chi connectivity index (χ2n) is 7.79. The third kappa shape index (κ3) is 7.39. The molecule has 2 aromatic rings. The van der Waals surface area contributed by atoms with E-state index in [1.165, 1.54) is 39.0 Å². The maximum Gasteiger partial charge on any atom is 0.383 e. The Labute approximate surface area is 178 Å². The van der Waals surface area contributed by atoms with E-state index in [9.17, 15) is 9.59 Å². The third-order valence-electron chi connectivity index (χ3n) is 4.65. The van der Waals surface area contributed by atoms with Crippen molar-refractivity contribution in [2.45, 2.75) is 85.2 Å². The van der Waals surface area contributed by atoms with Crippen LogP contribution in [-0.4, -0.2) is 18.7 Å². The van der Waals surface area contributed by atoms with E-state index >= 15 is 0 Å². The van der Waals surface area contributed by atoms with Crippen LogP contribution in [-0.2, 0) is 4.79 Å². The zero-order valence-electron chi connectivity index (χ0n) is 18.6. The SMILES string of the molecule is CCCCCCCCCCOc1c(OC(C)=O)c(=O)oc2cc(OC(C)C)ccc12. The van der Waals surface area contributed by atoms with Crippen LogP contribution in [0.3, 0.4) is 0 Å². The maximum atomic E-state index is 12.4. The summed E-state index contributed by atoms with van der Waals surface area (Å²) in [6.45, 7) is 7.73. The second-order valence-corrected chi connectivity index (χ2v) is 7.79. The van der Waals surface area contributed by atoms with E-state index in [0.717, 1.165) is 19.3 Å². The molecule has 0 fully saturated rings. The number of fused-ring (bicyclic) bond motifs is 1. The molecule has 0 saturated carbocycles. The van der Waals surface area contributed by atoms with E-state index in [1.807, 2.05) is 13.8 Å². The van der Waals surface area contributed by atoms with Gasteiger partial charge in [-0.15, -0.1) is 0 Å². The first-order chi connectivity index (χ1) is 14.4. The Morgan fingerprint density at radius 3 is 2.30 bits per heavy atom. The van der Waals surface area contributed by atoms with Crippen molar-refractivity contribution in [1.82, 2.24) is 0 Å². The van der Waals surface area contributed by atoms with Crippen LogP contribution in [0, 0.1) is 0 Å². The minimum atomic E-state index is -0.745. The van der Waals surface area contributed by atoms with Crippen molar-refractivity contribution in [2.24, 2.45) is 0 Å². The summed E-state index contributed by atoms with van der Waals surface area (Å²) in [6.07, 6.45) is 9.44. The second kappa shape index (κ2) is 12.3. The third-order valence-corrected chi connectivity index (χ3v) is 4.65. The monoisotopic (exact) mass is 418 g/mol. The topological polar surface area (TPSA) is 75.0 Å². The van der Waals surface area contributed by atoms with Crippen molar-refractivity contribution in [3.63, 3.8) is 0 Å². The molecule has 1 aromatic carbocycles. The summed E-state index contributed by atoms with van der Waals surface area (Å²) >= 11 is 0. The molecule has 2 rings (SSSR count). The van der Waals surface area contributed by atoms with E-state index in [4.69, 9.17) is 18.6 Å². The minimum Gasteiger partial charge on any atom is -0.491 e. The standard InChI is InChI=1S/C24H34O6/c1-5-6-7-8-9-10-11-12-15-27-22-20-14-13-19(28-17(2)3)16-21(20)30-24(26)23(22)29-18(4)25/h13-14,16-17H,5-12,15H2,1-4H3. The van der Waals surface area contributed by atoms with Gasteiger partial charge in [0.2, 0.25) is 0 Å². The van der Waals surface area contributed by atoms with Crippen LogP contribution in [0.2, 0.25) is 0 Å². The lowest BCUT2D eigenvalue weighted by Crippen LogP contribution is -2.14. The van der Waals surface area contributed by atoms with Crippen molar-refractivity contribution < 1.29 is 23.4 Å². The van der Waals surface area contributed by atoms with Gasteiger partial charge in [0, 0.05) is 13.0 Å². The van der Waals surface area contributed by atoms with Gasteiger partial charge in [0.1, 0.15) is 11.3 Å². The molecule has 166 valence electrons. The normalized spacial score (nSPS) is 11.1. The van der Waals surface area contributed by atoms with Gasteiger partial charge in [-0.25, -0.2) is 4.79 Å². The molecule has 0 aliphatic carbocycles.